The minimum Gasteiger partial charge on any atom is -0.460 e. The number of rotatable bonds is 8. The van der Waals surface area contributed by atoms with Crippen molar-refractivity contribution in [2.24, 2.45) is 10.2 Å². The molecule has 0 aliphatic heterocycles. The van der Waals surface area contributed by atoms with E-state index in [-0.39, 0.29) is 25.7 Å². The van der Waals surface area contributed by atoms with E-state index >= 15 is 0 Å². The zero-order valence-corrected chi connectivity index (χ0v) is 18.3. The number of ether oxygens (including phenoxy) is 2. The Labute approximate surface area is 167 Å². The second-order valence-corrected chi connectivity index (χ2v) is 9.14. The second kappa shape index (κ2) is 9.64. The maximum absolute atomic E-state index is 11.9. The zero-order chi connectivity index (χ0) is 22.2. The summed E-state index contributed by atoms with van der Waals surface area (Å²) < 4.78 is 10.4. The van der Waals surface area contributed by atoms with Crippen LogP contribution in [0.2, 0.25) is 0 Å². The number of hydrogen-bond acceptors (Lipinski definition) is 8. The van der Waals surface area contributed by atoms with Crippen LogP contribution in [0.15, 0.2) is 10.2 Å². The third-order valence-electron chi connectivity index (χ3n) is 3.45. The molecule has 8 nitrogen and oxygen atoms in total. The van der Waals surface area contributed by atoms with Gasteiger partial charge in [-0.1, -0.05) is 0 Å². The number of carbonyl (C=O) groups excluding carboxylic acids is 2. The van der Waals surface area contributed by atoms with Crippen molar-refractivity contribution in [3.8, 4) is 12.1 Å². The summed E-state index contributed by atoms with van der Waals surface area (Å²) in [4.78, 5) is 23.7. The van der Waals surface area contributed by atoms with E-state index in [1.54, 1.807) is 41.5 Å². The van der Waals surface area contributed by atoms with Gasteiger partial charge in [0.25, 0.3) is 0 Å². The fourth-order valence-electron chi connectivity index (χ4n) is 1.95. The van der Waals surface area contributed by atoms with Crippen LogP contribution in [-0.4, -0.2) is 34.2 Å². The molecule has 0 saturated heterocycles. The molecule has 0 aromatic heterocycles. The highest BCUT2D eigenvalue weighted by molar-refractivity contribution is 5.70. The van der Waals surface area contributed by atoms with Crippen molar-refractivity contribution < 1.29 is 19.1 Å². The van der Waals surface area contributed by atoms with Gasteiger partial charge in [-0.2, -0.15) is 20.8 Å². The predicted octanol–water partition coefficient (Wildman–Crippen LogP) is 4.25. The molecule has 0 heterocycles. The lowest BCUT2D eigenvalue weighted by Crippen LogP contribution is -2.28. The van der Waals surface area contributed by atoms with Crippen LogP contribution in [-0.2, 0) is 19.1 Å². The molecule has 0 rings (SSSR count). The van der Waals surface area contributed by atoms with Crippen molar-refractivity contribution in [1.82, 2.24) is 0 Å². The number of nitrogens with zero attached hydrogens (tertiary/aromatic N) is 4. The quantitative estimate of drug-likeness (QED) is 0.449. The minimum absolute atomic E-state index is 0.00151. The smallest absolute Gasteiger partial charge is 0.306 e. The normalized spacial score (nSPS) is 16.4. The van der Waals surface area contributed by atoms with Crippen molar-refractivity contribution in [1.29, 1.82) is 10.5 Å². The summed E-state index contributed by atoms with van der Waals surface area (Å²) in [5.41, 5.74) is -3.77. The highest BCUT2D eigenvalue weighted by Crippen LogP contribution is 2.24. The Hall–Kier alpha value is -2.48. The Kier molecular flexibility index (Phi) is 8.78. The first-order chi connectivity index (χ1) is 12.5. The molecule has 0 saturated carbocycles. The molecule has 0 aromatic rings. The van der Waals surface area contributed by atoms with Crippen LogP contribution < -0.4 is 0 Å². The van der Waals surface area contributed by atoms with Crippen LogP contribution in [0.4, 0.5) is 0 Å². The fourth-order valence-corrected chi connectivity index (χ4v) is 1.95. The minimum atomic E-state index is -1.28. The molecule has 0 aliphatic carbocycles. The first-order valence-electron chi connectivity index (χ1n) is 9.23. The van der Waals surface area contributed by atoms with Crippen LogP contribution >= 0.6 is 0 Å². The lowest BCUT2D eigenvalue weighted by molar-refractivity contribution is -0.156. The fraction of sp³-hybridized carbons (Fsp3) is 0.800. The van der Waals surface area contributed by atoms with E-state index in [1.807, 2.05) is 12.1 Å². The summed E-state index contributed by atoms with van der Waals surface area (Å²) in [5.74, 6) is -0.866. The largest absolute Gasteiger partial charge is 0.460 e. The van der Waals surface area contributed by atoms with Gasteiger partial charge in [-0.15, -0.1) is 0 Å². The lowest BCUT2D eigenvalue weighted by atomic mass is 9.97. The van der Waals surface area contributed by atoms with Gasteiger partial charge in [0, 0.05) is 12.8 Å². The van der Waals surface area contributed by atoms with Crippen molar-refractivity contribution in [2.45, 2.75) is 103 Å². The number of carbonyl (C=O) groups is 2. The van der Waals surface area contributed by atoms with Crippen LogP contribution in [0.25, 0.3) is 0 Å². The highest BCUT2D eigenvalue weighted by Gasteiger charge is 2.31. The standard InChI is InChI=1S/C20H32N4O4/c1-17(2,3)27-15(25)9-11-19(7,13-21)23-24-20(8,14-22)12-10-16(26)28-18(4,5)6/h9-12H2,1-8H3. The van der Waals surface area contributed by atoms with Crippen molar-refractivity contribution >= 4 is 11.9 Å². The Morgan fingerprint density at radius 2 is 1.00 bits per heavy atom. The number of nitriles is 2. The maximum Gasteiger partial charge on any atom is 0.306 e. The topological polar surface area (TPSA) is 125 Å². The van der Waals surface area contributed by atoms with Gasteiger partial charge in [0.05, 0.1) is 12.1 Å². The number of esters is 2. The van der Waals surface area contributed by atoms with Crippen molar-refractivity contribution in [3.05, 3.63) is 0 Å². The SMILES string of the molecule is CC(C#N)(CCC(=O)OC(C)(C)C)N=NC(C)(C#N)CCC(=O)OC(C)(C)C. The Balaban J connectivity index is 4.98. The summed E-state index contributed by atoms with van der Waals surface area (Å²) >= 11 is 0. The first kappa shape index (κ1) is 25.5. The summed E-state index contributed by atoms with van der Waals surface area (Å²) in [6, 6.07) is 4.04. The van der Waals surface area contributed by atoms with Crippen LogP contribution in [0.3, 0.4) is 0 Å². The van der Waals surface area contributed by atoms with E-state index in [9.17, 15) is 20.1 Å². The second-order valence-electron chi connectivity index (χ2n) is 9.14. The molecule has 0 N–H and O–H groups in total. The highest BCUT2D eigenvalue weighted by atomic mass is 16.6. The van der Waals surface area contributed by atoms with E-state index in [4.69, 9.17) is 9.47 Å². The molecule has 0 spiro atoms. The molecular formula is C20H32N4O4. The van der Waals surface area contributed by atoms with Crippen molar-refractivity contribution in [2.75, 3.05) is 0 Å². The molecule has 156 valence electrons. The third-order valence-corrected chi connectivity index (χ3v) is 3.45. The molecule has 28 heavy (non-hydrogen) atoms. The summed E-state index contributed by atoms with van der Waals surface area (Å²) in [7, 11) is 0. The first-order valence-corrected chi connectivity index (χ1v) is 9.23. The van der Waals surface area contributed by atoms with Gasteiger partial charge in [0.1, 0.15) is 11.2 Å². The zero-order valence-electron chi connectivity index (χ0n) is 18.3. The molecule has 0 amide bonds. The molecule has 0 bridgehead atoms. The molecular weight excluding hydrogens is 360 g/mol. The third kappa shape index (κ3) is 11.3. The van der Waals surface area contributed by atoms with E-state index < -0.39 is 34.2 Å². The van der Waals surface area contributed by atoms with Gasteiger partial charge in [-0.3, -0.25) is 9.59 Å². The number of azo groups is 1. The Morgan fingerprint density at radius 3 is 1.21 bits per heavy atom. The van der Waals surface area contributed by atoms with Crippen LogP contribution in [0.5, 0.6) is 0 Å². The molecule has 0 radical (unpaired) electrons. The van der Waals surface area contributed by atoms with Gasteiger partial charge in [-0.25, -0.2) is 0 Å². The molecule has 2 unspecified atom stereocenters. The summed E-state index contributed by atoms with van der Waals surface area (Å²) in [6.07, 6.45) is 0.216. The van der Waals surface area contributed by atoms with Gasteiger partial charge in [0.15, 0.2) is 11.1 Å². The van der Waals surface area contributed by atoms with E-state index in [1.165, 1.54) is 13.8 Å². The maximum atomic E-state index is 11.9. The predicted molar refractivity (Wildman–Crippen MR) is 103 cm³/mol. The van der Waals surface area contributed by atoms with E-state index in [0.717, 1.165) is 0 Å². The molecule has 2 atom stereocenters. The molecule has 0 aliphatic rings. The molecule has 0 fully saturated rings. The van der Waals surface area contributed by atoms with Gasteiger partial charge < -0.3 is 9.47 Å². The van der Waals surface area contributed by atoms with Gasteiger partial charge in [0.2, 0.25) is 0 Å². The van der Waals surface area contributed by atoms with Crippen LogP contribution in [0, 0.1) is 22.7 Å². The molecule has 8 heteroatoms. The average Bonchev–Trinajstić information content (AvgIpc) is 2.53. The van der Waals surface area contributed by atoms with Gasteiger partial charge >= 0.3 is 11.9 Å². The van der Waals surface area contributed by atoms with Crippen LogP contribution in [0.1, 0.15) is 81.1 Å². The summed E-state index contributed by atoms with van der Waals surface area (Å²) in [6.45, 7) is 13.6. The van der Waals surface area contributed by atoms with Gasteiger partial charge in [-0.05, 0) is 68.2 Å². The lowest BCUT2D eigenvalue weighted by Gasteiger charge is -2.22. The number of hydrogen-bond donors (Lipinski definition) is 0. The average molecular weight is 393 g/mol. The van der Waals surface area contributed by atoms with Crippen molar-refractivity contribution in [3.63, 3.8) is 0 Å². The summed E-state index contributed by atoms with van der Waals surface area (Å²) in [5, 5.41) is 26.9. The van der Waals surface area contributed by atoms with E-state index in [0.29, 0.717) is 0 Å². The monoisotopic (exact) mass is 392 g/mol. The van der Waals surface area contributed by atoms with E-state index in [2.05, 4.69) is 10.2 Å². The molecule has 0 aromatic carbocycles. The Morgan fingerprint density at radius 1 is 0.714 bits per heavy atom. The Bertz CT molecular complexity index is 618.